The molecule has 1 aromatic carbocycles. The minimum Gasteiger partial charge on any atom is -0.257 e. The monoisotopic (exact) mass is 204 g/mol. The van der Waals surface area contributed by atoms with Gasteiger partial charge < -0.3 is 0 Å². The van der Waals surface area contributed by atoms with Crippen LogP contribution in [-0.2, 0) is 0 Å². The zero-order valence-electron chi connectivity index (χ0n) is 7.86. The molecule has 72 valence electrons. The van der Waals surface area contributed by atoms with E-state index in [0.717, 1.165) is 10.5 Å². The van der Waals surface area contributed by atoms with Gasteiger partial charge in [0, 0.05) is 10.9 Å². The van der Waals surface area contributed by atoms with Crippen LogP contribution in [0, 0.1) is 11.3 Å². The van der Waals surface area contributed by atoms with E-state index >= 15 is 0 Å². The molecule has 0 unspecified atom stereocenters. The lowest BCUT2D eigenvalue weighted by Crippen LogP contribution is -2.29. The summed E-state index contributed by atoms with van der Waals surface area (Å²) in [5.41, 5.74) is 0.727. The largest absolute Gasteiger partial charge is 0.257 e. The van der Waals surface area contributed by atoms with Crippen LogP contribution in [0.2, 0.25) is 0 Å². The van der Waals surface area contributed by atoms with E-state index < -0.39 is 0 Å². The Morgan fingerprint density at radius 2 is 2.29 bits per heavy atom. The minimum absolute atomic E-state index is 0.672. The van der Waals surface area contributed by atoms with Gasteiger partial charge in [0.1, 0.15) is 0 Å². The highest BCUT2D eigenvalue weighted by Gasteiger charge is 2.16. The number of nitriles is 1. The Hall–Kier alpha value is -0.980. The molecule has 0 atom stereocenters. The maximum Gasteiger partial charge on any atom is 0.0992 e. The van der Waals surface area contributed by atoms with Gasteiger partial charge in [-0.2, -0.15) is 5.26 Å². The van der Waals surface area contributed by atoms with Crippen LogP contribution in [0.5, 0.6) is 0 Å². The van der Waals surface area contributed by atoms with E-state index in [1.165, 1.54) is 19.3 Å². The van der Waals surface area contributed by atoms with E-state index in [9.17, 15) is 0 Å². The van der Waals surface area contributed by atoms with Crippen molar-refractivity contribution in [3.05, 3.63) is 29.8 Å². The SMILES string of the molecule is N#Cc1cccc(SNC2CCC2)c1. The van der Waals surface area contributed by atoms with Gasteiger partial charge in [-0.15, -0.1) is 0 Å². The highest BCUT2D eigenvalue weighted by molar-refractivity contribution is 7.97. The number of hydrogen-bond donors (Lipinski definition) is 1. The third-order valence-corrected chi connectivity index (χ3v) is 3.35. The Morgan fingerprint density at radius 3 is 2.93 bits per heavy atom. The van der Waals surface area contributed by atoms with Crippen molar-refractivity contribution in [1.29, 1.82) is 5.26 Å². The summed E-state index contributed by atoms with van der Waals surface area (Å²) in [6.07, 6.45) is 3.91. The van der Waals surface area contributed by atoms with Crippen molar-refractivity contribution >= 4 is 11.9 Å². The van der Waals surface area contributed by atoms with E-state index in [-0.39, 0.29) is 0 Å². The molecule has 2 rings (SSSR count). The molecular formula is C11H12N2S. The van der Waals surface area contributed by atoms with Gasteiger partial charge in [0.25, 0.3) is 0 Å². The molecule has 0 spiro atoms. The first kappa shape index (κ1) is 9.57. The second kappa shape index (κ2) is 4.50. The Morgan fingerprint density at radius 1 is 1.43 bits per heavy atom. The molecule has 1 aliphatic rings. The fourth-order valence-corrected chi connectivity index (χ4v) is 2.18. The van der Waals surface area contributed by atoms with Crippen molar-refractivity contribution in [3.63, 3.8) is 0 Å². The van der Waals surface area contributed by atoms with E-state index in [1.54, 1.807) is 11.9 Å². The van der Waals surface area contributed by atoms with Gasteiger partial charge in [-0.05, 0) is 43.0 Å². The van der Waals surface area contributed by atoms with E-state index in [0.29, 0.717) is 6.04 Å². The van der Waals surface area contributed by atoms with Crippen LogP contribution >= 0.6 is 11.9 Å². The summed E-state index contributed by atoms with van der Waals surface area (Å²) in [6.45, 7) is 0. The molecule has 0 bridgehead atoms. The zero-order chi connectivity index (χ0) is 9.80. The van der Waals surface area contributed by atoms with Gasteiger partial charge in [-0.3, -0.25) is 4.72 Å². The van der Waals surface area contributed by atoms with Gasteiger partial charge in [-0.1, -0.05) is 12.5 Å². The molecule has 3 heteroatoms. The summed E-state index contributed by atoms with van der Waals surface area (Å²) < 4.78 is 3.39. The van der Waals surface area contributed by atoms with Crippen LogP contribution in [0.3, 0.4) is 0 Å². The predicted octanol–water partition coefficient (Wildman–Crippen LogP) is 2.71. The first-order valence-corrected chi connectivity index (χ1v) is 5.62. The van der Waals surface area contributed by atoms with Crippen molar-refractivity contribution in [2.75, 3.05) is 0 Å². The molecule has 1 fully saturated rings. The van der Waals surface area contributed by atoms with Crippen molar-refractivity contribution in [3.8, 4) is 6.07 Å². The molecule has 1 saturated carbocycles. The fraction of sp³-hybridized carbons (Fsp3) is 0.364. The van der Waals surface area contributed by atoms with Gasteiger partial charge >= 0.3 is 0 Å². The number of nitrogens with one attached hydrogen (secondary N) is 1. The molecule has 0 aliphatic heterocycles. The molecule has 0 aromatic heterocycles. The van der Waals surface area contributed by atoms with Crippen molar-refractivity contribution in [1.82, 2.24) is 4.72 Å². The van der Waals surface area contributed by atoms with Crippen molar-refractivity contribution in [2.24, 2.45) is 0 Å². The lowest BCUT2D eigenvalue weighted by Gasteiger charge is -2.25. The standard InChI is InChI=1S/C11H12N2S/c12-8-9-3-1-6-11(7-9)14-13-10-4-2-5-10/h1,3,6-7,10,13H,2,4-5H2. The van der Waals surface area contributed by atoms with Crippen LogP contribution in [0.25, 0.3) is 0 Å². The predicted molar refractivity (Wildman–Crippen MR) is 57.8 cm³/mol. The molecule has 1 aromatic rings. The third kappa shape index (κ3) is 2.28. The summed E-state index contributed by atoms with van der Waals surface area (Å²) in [5, 5.41) is 8.72. The Kier molecular flexibility index (Phi) is 3.07. The lowest BCUT2D eigenvalue weighted by atomic mass is 9.94. The Labute approximate surface area is 88.5 Å². The zero-order valence-corrected chi connectivity index (χ0v) is 8.68. The number of benzene rings is 1. The smallest absolute Gasteiger partial charge is 0.0992 e. The summed E-state index contributed by atoms with van der Waals surface area (Å²) in [5.74, 6) is 0. The molecule has 1 N–H and O–H groups in total. The van der Waals surface area contributed by atoms with Gasteiger partial charge in [-0.25, -0.2) is 0 Å². The lowest BCUT2D eigenvalue weighted by molar-refractivity contribution is 0.395. The van der Waals surface area contributed by atoms with Gasteiger partial charge in [0.2, 0.25) is 0 Å². The molecular weight excluding hydrogens is 192 g/mol. The fourth-order valence-electron chi connectivity index (χ4n) is 1.31. The topological polar surface area (TPSA) is 35.8 Å². The van der Waals surface area contributed by atoms with E-state index in [1.807, 2.05) is 24.3 Å². The molecule has 1 aliphatic carbocycles. The maximum atomic E-state index is 8.72. The average molecular weight is 204 g/mol. The summed E-state index contributed by atoms with van der Waals surface area (Å²) >= 11 is 1.63. The number of rotatable bonds is 3. The van der Waals surface area contributed by atoms with Crippen LogP contribution in [-0.4, -0.2) is 6.04 Å². The van der Waals surface area contributed by atoms with E-state index in [2.05, 4.69) is 10.8 Å². The third-order valence-electron chi connectivity index (χ3n) is 2.41. The molecule has 14 heavy (non-hydrogen) atoms. The maximum absolute atomic E-state index is 8.72. The van der Waals surface area contributed by atoms with Crippen LogP contribution in [0.4, 0.5) is 0 Å². The van der Waals surface area contributed by atoms with Gasteiger partial charge in [0.15, 0.2) is 0 Å². The average Bonchev–Trinajstić information content (AvgIpc) is 2.16. The summed E-state index contributed by atoms with van der Waals surface area (Å²) in [7, 11) is 0. The minimum atomic E-state index is 0.672. The first-order chi connectivity index (χ1) is 6.88. The van der Waals surface area contributed by atoms with Crippen LogP contribution in [0.1, 0.15) is 24.8 Å². The normalized spacial score (nSPS) is 15.9. The molecule has 0 amide bonds. The molecule has 2 nitrogen and oxygen atoms in total. The highest BCUT2D eigenvalue weighted by Crippen LogP contribution is 2.24. The van der Waals surface area contributed by atoms with Gasteiger partial charge in [0.05, 0.1) is 11.6 Å². The van der Waals surface area contributed by atoms with E-state index in [4.69, 9.17) is 5.26 Å². The first-order valence-electron chi connectivity index (χ1n) is 4.81. The van der Waals surface area contributed by atoms with Crippen molar-refractivity contribution in [2.45, 2.75) is 30.2 Å². The Balaban J connectivity index is 1.91. The summed E-state index contributed by atoms with van der Waals surface area (Å²) in [4.78, 5) is 1.12. The molecule has 0 radical (unpaired) electrons. The number of hydrogen-bond acceptors (Lipinski definition) is 3. The quantitative estimate of drug-likeness (QED) is 0.769. The molecule has 0 heterocycles. The van der Waals surface area contributed by atoms with Crippen LogP contribution < -0.4 is 4.72 Å². The second-order valence-corrected chi connectivity index (χ2v) is 4.40. The molecule has 0 saturated heterocycles. The highest BCUT2D eigenvalue weighted by atomic mass is 32.2. The second-order valence-electron chi connectivity index (χ2n) is 3.49. The number of nitrogens with zero attached hydrogens (tertiary/aromatic N) is 1. The Bertz CT molecular complexity index is 353. The van der Waals surface area contributed by atoms with Crippen molar-refractivity contribution < 1.29 is 0 Å². The van der Waals surface area contributed by atoms with Crippen LogP contribution in [0.15, 0.2) is 29.2 Å². The summed E-state index contributed by atoms with van der Waals surface area (Å²) in [6, 6.07) is 10.5.